The molecule has 0 unspecified atom stereocenters. The Morgan fingerprint density at radius 3 is 2.64 bits per heavy atom. The number of hydrazine groups is 1. The number of tetrazole rings is 1. The SMILES string of the molecule is COC[C@](Cc1nn[nH]n1)(OC[C@H]1O[C@@H](N2NCc3c(NC4CCC4)nc(CO)nc32)[C@H](O)[C@@H]1O)P(=O)(O)O. The van der Waals surface area contributed by atoms with Crippen LogP contribution in [0.3, 0.4) is 0 Å². The fourth-order valence-corrected chi connectivity index (χ4v) is 5.61. The molecule has 3 aliphatic rings. The Kier molecular flexibility index (Phi) is 8.12. The third kappa shape index (κ3) is 5.49. The number of hydrogen-bond acceptors (Lipinski definition) is 15. The Labute approximate surface area is 222 Å². The van der Waals surface area contributed by atoms with Crippen molar-refractivity contribution in [1.29, 1.82) is 0 Å². The summed E-state index contributed by atoms with van der Waals surface area (Å²) in [5.74, 6) is 1.09. The molecule has 1 saturated heterocycles. The summed E-state index contributed by atoms with van der Waals surface area (Å²) in [6.45, 7) is -1.14. The van der Waals surface area contributed by atoms with Crippen molar-refractivity contribution in [3.63, 3.8) is 0 Å². The third-order valence-corrected chi connectivity index (χ3v) is 8.58. The van der Waals surface area contributed by atoms with Gasteiger partial charge in [-0.15, -0.1) is 10.2 Å². The van der Waals surface area contributed by atoms with Crippen LogP contribution in [0.25, 0.3) is 0 Å². The number of hydrogen-bond donors (Lipinski definition) is 8. The van der Waals surface area contributed by atoms with E-state index in [2.05, 4.69) is 41.3 Å². The van der Waals surface area contributed by atoms with E-state index in [1.165, 1.54) is 12.1 Å². The van der Waals surface area contributed by atoms with E-state index in [1.54, 1.807) is 0 Å². The first-order chi connectivity index (χ1) is 18.7. The van der Waals surface area contributed by atoms with Gasteiger partial charge in [-0.3, -0.25) is 9.57 Å². The lowest BCUT2D eigenvalue weighted by atomic mass is 9.93. The minimum absolute atomic E-state index is 0.0234. The Bertz CT molecular complexity index is 1180. The van der Waals surface area contributed by atoms with Crippen LogP contribution in [0.5, 0.6) is 0 Å². The topological polar surface area (TPSA) is 253 Å². The van der Waals surface area contributed by atoms with Crippen LogP contribution in [-0.4, -0.2) is 112 Å². The number of ether oxygens (including phenoxy) is 3. The van der Waals surface area contributed by atoms with Crippen LogP contribution in [-0.2, 0) is 38.3 Å². The highest BCUT2D eigenvalue weighted by Gasteiger charge is 2.53. The standard InChI is InChI=1S/C20H32N9O9P/c1-36-9-20(39(33,34)35,5-13-25-27-28-26-13)37-8-12-15(31)16(32)19(38-12)29-18-11(6-21-29)17(22-10-3-2-4-10)23-14(7-30)24-18/h10,12,15-16,19,21,30-32H,2-9H2,1H3,(H,22,23,24)(H2,33,34,35)(H,25,26,27,28)/t12-,15-,16-,19-,20-/m1/s1. The summed E-state index contributed by atoms with van der Waals surface area (Å²) in [7, 11) is -3.75. The molecule has 18 nitrogen and oxygen atoms in total. The van der Waals surface area contributed by atoms with Gasteiger partial charge in [0.1, 0.15) is 30.7 Å². The summed E-state index contributed by atoms with van der Waals surface area (Å²) in [6.07, 6.45) is -2.56. The number of nitrogens with one attached hydrogen (secondary N) is 3. The fraction of sp³-hybridized carbons (Fsp3) is 0.750. The average molecular weight is 574 g/mol. The molecule has 0 radical (unpaired) electrons. The number of aliphatic hydroxyl groups is 3. The first kappa shape index (κ1) is 28.2. The molecule has 0 aromatic carbocycles. The number of rotatable bonds is 12. The van der Waals surface area contributed by atoms with Crippen LogP contribution in [0.2, 0.25) is 0 Å². The van der Waals surface area contributed by atoms with E-state index in [0.29, 0.717) is 23.7 Å². The van der Waals surface area contributed by atoms with Gasteiger partial charge in [0.2, 0.25) is 0 Å². The highest BCUT2D eigenvalue weighted by molar-refractivity contribution is 7.53. The lowest BCUT2D eigenvalue weighted by Gasteiger charge is -2.34. The van der Waals surface area contributed by atoms with Crippen molar-refractivity contribution in [2.45, 2.75) is 74.8 Å². The predicted molar refractivity (Wildman–Crippen MR) is 130 cm³/mol. The lowest BCUT2D eigenvalue weighted by Crippen LogP contribution is -2.49. The molecule has 2 aromatic rings. The van der Waals surface area contributed by atoms with E-state index in [-0.39, 0.29) is 17.7 Å². The fourth-order valence-electron chi connectivity index (χ4n) is 4.73. The molecule has 5 rings (SSSR count). The second-order valence-electron chi connectivity index (χ2n) is 9.71. The molecule has 0 spiro atoms. The van der Waals surface area contributed by atoms with Gasteiger partial charge in [0.25, 0.3) is 0 Å². The molecule has 8 N–H and O–H groups in total. The molecule has 4 heterocycles. The summed E-state index contributed by atoms with van der Waals surface area (Å²) in [6, 6.07) is 0.273. The summed E-state index contributed by atoms with van der Waals surface area (Å²) < 4.78 is 29.2. The van der Waals surface area contributed by atoms with Crippen molar-refractivity contribution in [3.05, 3.63) is 17.2 Å². The van der Waals surface area contributed by atoms with Crippen molar-refractivity contribution in [1.82, 2.24) is 36.0 Å². The molecule has 0 bridgehead atoms. The highest BCUT2D eigenvalue weighted by Crippen LogP contribution is 2.53. The molecule has 5 atom stereocenters. The van der Waals surface area contributed by atoms with E-state index < -0.39 is 63.7 Å². The summed E-state index contributed by atoms with van der Waals surface area (Å²) in [5.41, 5.74) is 3.80. The van der Waals surface area contributed by atoms with Gasteiger partial charge in [-0.05, 0) is 19.3 Å². The van der Waals surface area contributed by atoms with Crippen molar-refractivity contribution in [3.8, 4) is 0 Å². The van der Waals surface area contributed by atoms with E-state index in [4.69, 9.17) is 14.2 Å². The number of H-pyrrole nitrogens is 1. The van der Waals surface area contributed by atoms with Crippen LogP contribution in [0.4, 0.5) is 11.6 Å². The average Bonchev–Trinajstić information content (AvgIpc) is 3.60. The number of nitrogens with zero attached hydrogens (tertiary/aromatic N) is 6. The molecule has 1 aliphatic carbocycles. The molecule has 216 valence electrons. The summed E-state index contributed by atoms with van der Waals surface area (Å²) in [5, 5.41) is 47.1. The molecular weight excluding hydrogens is 541 g/mol. The van der Waals surface area contributed by atoms with Crippen LogP contribution < -0.4 is 15.8 Å². The van der Waals surface area contributed by atoms with E-state index >= 15 is 0 Å². The van der Waals surface area contributed by atoms with Gasteiger partial charge in [0.15, 0.2) is 29.0 Å². The highest BCUT2D eigenvalue weighted by atomic mass is 31.2. The molecule has 0 amide bonds. The molecule has 2 aliphatic heterocycles. The number of methoxy groups -OCH3 is 1. The minimum Gasteiger partial charge on any atom is -0.388 e. The maximum Gasteiger partial charge on any atom is 0.359 e. The minimum atomic E-state index is -5.00. The maximum atomic E-state index is 12.5. The quantitative estimate of drug-likeness (QED) is 0.122. The van der Waals surface area contributed by atoms with Crippen LogP contribution in [0.1, 0.15) is 36.5 Å². The monoisotopic (exact) mass is 573 g/mol. The normalized spacial score (nSPS) is 26.9. The molecular formula is C20H32N9O9P. The number of aromatic nitrogens is 6. The second-order valence-corrected chi connectivity index (χ2v) is 11.6. The van der Waals surface area contributed by atoms with Gasteiger partial charge in [0, 0.05) is 19.7 Å². The Morgan fingerprint density at radius 1 is 1.23 bits per heavy atom. The second kappa shape index (κ2) is 11.2. The van der Waals surface area contributed by atoms with Crippen LogP contribution in [0.15, 0.2) is 0 Å². The van der Waals surface area contributed by atoms with E-state index in [1.807, 2.05) is 0 Å². The molecule has 2 aromatic heterocycles. The largest absolute Gasteiger partial charge is 0.388 e. The van der Waals surface area contributed by atoms with Gasteiger partial charge in [0.05, 0.1) is 25.2 Å². The number of anilines is 2. The van der Waals surface area contributed by atoms with Gasteiger partial charge in [-0.25, -0.2) is 15.4 Å². The van der Waals surface area contributed by atoms with Crippen LogP contribution in [0, 0.1) is 0 Å². The Hall–Kier alpha value is -2.38. The molecule has 19 heteroatoms. The first-order valence-corrected chi connectivity index (χ1v) is 14.0. The van der Waals surface area contributed by atoms with Gasteiger partial charge in [-0.2, -0.15) is 5.21 Å². The van der Waals surface area contributed by atoms with Gasteiger partial charge < -0.3 is 44.6 Å². The van der Waals surface area contributed by atoms with E-state index in [0.717, 1.165) is 19.3 Å². The zero-order chi connectivity index (χ0) is 27.8. The van der Waals surface area contributed by atoms with E-state index in [9.17, 15) is 29.7 Å². The molecule has 1 saturated carbocycles. The Balaban J connectivity index is 1.34. The third-order valence-electron chi connectivity index (χ3n) is 7.11. The van der Waals surface area contributed by atoms with Crippen LogP contribution >= 0.6 is 7.60 Å². The van der Waals surface area contributed by atoms with Gasteiger partial charge in [-0.1, -0.05) is 5.21 Å². The zero-order valence-corrected chi connectivity index (χ0v) is 21.9. The predicted octanol–water partition coefficient (Wildman–Crippen LogP) is -2.50. The van der Waals surface area contributed by atoms with Crippen molar-refractivity contribution >= 4 is 19.2 Å². The Morgan fingerprint density at radius 2 is 2.03 bits per heavy atom. The summed E-state index contributed by atoms with van der Waals surface area (Å²) in [4.78, 5) is 29.1. The lowest BCUT2D eigenvalue weighted by molar-refractivity contribution is -0.104. The maximum absolute atomic E-state index is 12.5. The number of fused-ring (bicyclic) bond motifs is 1. The summed E-state index contributed by atoms with van der Waals surface area (Å²) >= 11 is 0. The van der Waals surface area contributed by atoms with Crippen molar-refractivity contribution in [2.24, 2.45) is 0 Å². The zero-order valence-electron chi connectivity index (χ0n) is 21.0. The van der Waals surface area contributed by atoms with Crippen molar-refractivity contribution < 1.29 is 43.9 Å². The molecule has 39 heavy (non-hydrogen) atoms. The number of aliphatic hydroxyl groups excluding tert-OH is 3. The van der Waals surface area contributed by atoms with Crippen molar-refractivity contribution in [2.75, 3.05) is 30.6 Å². The van der Waals surface area contributed by atoms with Gasteiger partial charge >= 0.3 is 7.60 Å². The number of aromatic amines is 1. The molecule has 2 fully saturated rings. The first-order valence-electron chi connectivity index (χ1n) is 12.4. The smallest absolute Gasteiger partial charge is 0.359 e.